The molecule has 0 unspecified atom stereocenters. The first-order valence-corrected chi connectivity index (χ1v) is 9.48. The standard InChI is InChI=1S/C16H18ClN3O4S/c1-3-11(2)18-14(21)10-20-16(22)9-8-15(19-20)25(23,24)13-6-4-12(17)5-7-13/h4-9,11H,3,10H2,1-2H3,(H,18,21)/t11-/m0/s1. The van der Waals surface area contributed by atoms with E-state index in [9.17, 15) is 18.0 Å². The second kappa shape index (κ2) is 7.79. The average Bonchev–Trinajstić information content (AvgIpc) is 2.56. The van der Waals surface area contributed by atoms with Gasteiger partial charge in [0.05, 0.1) is 4.90 Å². The summed E-state index contributed by atoms with van der Waals surface area (Å²) in [7, 11) is -3.92. The van der Waals surface area contributed by atoms with Crippen molar-refractivity contribution < 1.29 is 13.2 Å². The van der Waals surface area contributed by atoms with Crippen molar-refractivity contribution in [2.24, 2.45) is 0 Å². The van der Waals surface area contributed by atoms with Gasteiger partial charge in [0.1, 0.15) is 6.54 Å². The van der Waals surface area contributed by atoms with Crippen LogP contribution in [0.3, 0.4) is 0 Å². The van der Waals surface area contributed by atoms with E-state index < -0.39 is 21.3 Å². The van der Waals surface area contributed by atoms with Crippen molar-refractivity contribution >= 4 is 27.3 Å². The van der Waals surface area contributed by atoms with Crippen molar-refractivity contribution in [3.8, 4) is 0 Å². The molecular weight excluding hydrogens is 366 g/mol. The van der Waals surface area contributed by atoms with E-state index in [0.29, 0.717) is 5.02 Å². The number of hydrogen-bond acceptors (Lipinski definition) is 5. The largest absolute Gasteiger partial charge is 0.352 e. The lowest BCUT2D eigenvalue weighted by atomic mass is 10.2. The molecule has 0 fully saturated rings. The van der Waals surface area contributed by atoms with Gasteiger partial charge >= 0.3 is 0 Å². The van der Waals surface area contributed by atoms with Crippen molar-refractivity contribution in [1.29, 1.82) is 0 Å². The summed E-state index contributed by atoms with van der Waals surface area (Å²) in [5, 5.41) is 6.62. The summed E-state index contributed by atoms with van der Waals surface area (Å²) in [5.74, 6) is -0.412. The van der Waals surface area contributed by atoms with Gasteiger partial charge in [-0.05, 0) is 43.7 Å². The molecule has 9 heteroatoms. The van der Waals surface area contributed by atoms with Gasteiger partial charge in [-0.2, -0.15) is 5.10 Å². The highest BCUT2D eigenvalue weighted by atomic mass is 35.5. The monoisotopic (exact) mass is 383 g/mol. The fraction of sp³-hybridized carbons (Fsp3) is 0.312. The van der Waals surface area contributed by atoms with E-state index in [2.05, 4.69) is 10.4 Å². The van der Waals surface area contributed by atoms with E-state index >= 15 is 0 Å². The van der Waals surface area contributed by atoms with Crippen molar-refractivity contribution in [3.05, 3.63) is 51.8 Å². The first-order chi connectivity index (χ1) is 11.7. The third kappa shape index (κ3) is 4.67. The quantitative estimate of drug-likeness (QED) is 0.817. The number of sulfone groups is 1. The molecule has 2 rings (SSSR count). The SMILES string of the molecule is CC[C@H](C)NC(=O)Cn1nc(S(=O)(=O)c2ccc(Cl)cc2)ccc1=O. The minimum absolute atomic E-state index is 0.00124. The molecule has 1 amide bonds. The first kappa shape index (κ1) is 19.1. The van der Waals surface area contributed by atoms with Gasteiger partial charge in [0.2, 0.25) is 15.7 Å². The van der Waals surface area contributed by atoms with E-state index in [1.165, 1.54) is 24.3 Å². The molecule has 0 saturated carbocycles. The molecule has 1 aromatic heterocycles. The molecule has 0 aliphatic rings. The Hall–Kier alpha value is -2.19. The maximum absolute atomic E-state index is 12.6. The van der Waals surface area contributed by atoms with Gasteiger partial charge in [0, 0.05) is 17.1 Å². The zero-order chi connectivity index (χ0) is 18.6. The lowest BCUT2D eigenvalue weighted by Gasteiger charge is -2.12. The molecule has 2 aromatic rings. The van der Waals surface area contributed by atoms with Crippen LogP contribution >= 0.6 is 11.6 Å². The predicted octanol–water partition coefficient (Wildman–Crippen LogP) is 1.64. The van der Waals surface area contributed by atoms with Crippen LogP contribution in [0.4, 0.5) is 0 Å². The molecule has 134 valence electrons. The lowest BCUT2D eigenvalue weighted by Crippen LogP contribution is -2.38. The number of aromatic nitrogens is 2. The van der Waals surface area contributed by atoms with Crippen LogP contribution in [0.2, 0.25) is 5.02 Å². The Balaban J connectivity index is 2.33. The van der Waals surface area contributed by atoms with Crippen LogP contribution in [0.5, 0.6) is 0 Å². The summed E-state index contributed by atoms with van der Waals surface area (Å²) in [6, 6.07) is 7.74. The van der Waals surface area contributed by atoms with Gasteiger partial charge in [-0.15, -0.1) is 0 Å². The second-order valence-electron chi connectivity index (χ2n) is 5.50. The lowest BCUT2D eigenvalue weighted by molar-refractivity contribution is -0.122. The topological polar surface area (TPSA) is 98.1 Å². The number of hydrogen-bond donors (Lipinski definition) is 1. The molecule has 1 N–H and O–H groups in total. The molecule has 0 aliphatic carbocycles. The zero-order valence-corrected chi connectivity index (χ0v) is 15.3. The van der Waals surface area contributed by atoms with Gasteiger partial charge in [0.15, 0.2) is 5.03 Å². The van der Waals surface area contributed by atoms with Crippen LogP contribution < -0.4 is 10.9 Å². The van der Waals surface area contributed by atoms with Crippen molar-refractivity contribution in [1.82, 2.24) is 15.1 Å². The number of nitrogens with zero attached hydrogens (tertiary/aromatic N) is 2. The third-order valence-electron chi connectivity index (χ3n) is 3.55. The molecule has 25 heavy (non-hydrogen) atoms. The van der Waals surface area contributed by atoms with E-state index in [1.807, 2.05) is 13.8 Å². The summed E-state index contributed by atoms with van der Waals surface area (Å²) in [6.07, 6.45) is 0.735. The van der Waals surface area contributed by atoms with Crippen molar-refractivity contribution in [2.75, 3.05) is 0 Å². The molecule has 0 saturated heterocycles. The second-order valence-corrected chi connectivity index (χ2v) is 7.83. The molecule has 0 spiro atoms. The van der Waals surface area contributed by atoms with Gasteiger partial charge in [0.25, 0.3) is 5.56 Å². The zero-order valence-electron chi connectivity index (χ0n) is 13.8. The summed E-state index contributed by atoms with van der Waals surface area (Å²) in [4.78, 5) is 23.8. The first-order valence-electron chi connectivity index (χ1n) is 7.62. The highest BCUT2D eigenvalue weighted by Gasteiger charge is 2.21. The number of amides is 1. The van der Waals surface area contributed by atoms with Crippen LogP contribution in [0, 0.1) is 0 Å². The molecule has 1 atom stereocenters. The van der Waals surface area contributed by atoms with E-state index in [0.717, 1.165) is 23.2 Å². The number of carbonyl (C=O) groups is 1. The summed E-state index contributed by atoms with van der Waals surface area (Å²) in [6.45, 7) is 3.39. The molecule has 0 bridgehead atoms. The van der Waals surface area contributed by atoms with Crippen LogP contribution in [0.25, 0.3) is 0 Å². The number of nitrogens with one attached hydrogen (secondary N) is 1. The highest BCUT2D eigenvalue weighted by Crippen LogP contribution is 2.20. The van der Waals surface area contributed by atoms with Crippen molar-refractivity contribution in [3.63, 3.8) is 0 Å². The minimum Gasteiger partial charge on any atom is -0.352 e. The number of benzene rings is 1. The average molecular weight is 384 g/mol. The Morgan fingerprint density at radius 2 is 1.88 bits per heavy atom. The fourth-order valence-electron chi connectivity index (χ4n) is 1.98. The van der Waals surface area contributed by atoms with Crippen LogP contribution in [0.1, 0.15) is 20.3 Å². The Labute approximate surface area is 150 Å². The molecule has 0 aliphatic heterocycles. The van der Waals surface area contributed by atoms with E-state index in [4.69, 9.17) is 11.6 Å². The smallest absolute Gasteiger partial charge is 0.267 e. The van der Waals surface area contributed by atoms with Gasteiger partial charge in [-0.25, -0.2) is 13.1 Å². The molecule has 1 aromatic carbocycles. The molecule has 0 radical (unpaired) electrons. The van der Waals surface area contributed by atoms with Crippen LogP contribution in [0.15, 0.2) is 51.1 Å². The van der Waals surface area contributed by atoms with Gasteiger partial charge in [-0.1, -0.05) is 18.5 Å². The van der Waals surface area contributed by atoms with E-state index in [1.54, 1.807) is 0 Å². The Morgan fingerprint density at radius 1 is 1.24 bits per heavy atom. The van der Waals surface area contributed by atoms with Crippen LogP contribution in [-0.4, -0.2) is 30.1 Å². The molecule has 7 nitrogen and oxygen atoms in total. The van der Waals surface area contributed by atoms with E-state index in [-0.39, 0.29) is 22.5 Å². The normalized spacial score (nSPS) is 12.6. The predicted molar refractivity (Wildman–Crippen MR) is 93.3 cm³/mol. The number of rotatable bonds is 6. The van der Waals surface area contributed by atoms with Gasteiger partial charge < -0.3 is 5.32 Å². The van der Waals surface area contributed by atoms with Crippen LogP contribution in [-0.2, 0) is 21.2 Å². The minimum atomic E-state index is -3.92. The number of carbonyl (C=O) groups excluding carboxylic acids is 1. The molecule has 1 heterocycles. The molecular formula is C16H18ClN3O4S. The maximum atomic E-state index is 12.6. The summed E-state index contributed by atoms with van der Waals surface area (Å²) in [5.41, 5.74) is -0.561. The van der Waals surface area contributed by atoms with Gasteiger partial charge in [-0.3, -0.25) is 9.59 Å². The Morgan fingerprint density at radius 3 is 2.48 bits per heavy atom. The fourth-order valence-corrected chi connectivity index (χ4v) is 3.29. The summed E-state index contributed by atoms with van der Waals surface area (Å²) < 4.78 is 26.0. The third-order valence-corrected chi connectivity index (χ3v) is 5.47. The summed E-state index contributed by atoms with van der Waals surface area (Å²) >= 11 is 5.76. The Bertz CT molecular complexity index is 923. The van der Waals surface area contributed by atoms with Crippen molar-refractivity contribution in [2.45, 2.75) is 42.8 Å². The number of halogens is 1. The Kier molecular flexibility index (Phi) is 5.97. The highest BCUT2D eigenvalue weighted by molar-refractivity contribution is 7.91. The maximum Gasteiger partial charge on any atom is 0.267 e.